The van der Waals surface area contributed by atoms with Crippen LogP contribution in [0.1, 0.15) is 11.5 Å². The van der Waals surface area contributed by atoms with Gasteiger partial charge in [-0.05, 0) is 17.7 Å². The highest BCUT2D eigenvalue weighted by molar-refractivity contribution is 9.10. The van der Waals surface area contributed by atoms with Crippen molar-refractivity contribution in [3.8, 4) is 0 Å². The Bertz CT molecular complexity index is 413. The molecule has 2 aromatic rings. The van der Waals surface area contributed by atoms with Crippen LogP contribution in [0.5, 0.6) is 0 Å². The van der Waals surface area contributed by atoms with Gasteiger partial charge in [-0.2, -0.15) is 4.98 Å². The average Bonchev–Trinajstić information content (AvgIpc) is 2.80. The van der Waals surface area contributed by atoms with E-state index in [1.807, 2.05) is 12.1 Å². The van der Waals surface area contributed by atoms with Gasteiger partial charge in [0.2, 0.25) is 5.89 Å². The zero-order chi connectivity index (χ0) is 11.2. The van der Waals surface area contributed by atoms with E-state index in [4.69, 9.17) is 4.52 Å². The third-order valence-electron chi connectivity index (χ3n) is 2.16. The van der Waals surface area contributed by atoms with E-state index in [-0.39, 0.29) is 0 Å². The molecule has 1 heterocycles. The maximum atomic E-state index is 4.89. The summed E-state index contributed by atoms with van der Waals surface area (Å²) < 4.78 is 5.99. The molecule has 16 heavy (non-hydrogen) atoms. The van der Waals surface area contributed by atoms with Crippen LogP contribution < -0.4 is 5.32 Å². The van der Waals surface area contributed by atoms with Crippen LogP contribution in [0.25, 0.3) is 0 Å². The molecule has 0 aliphatic carbocycles. The summed E-state index contributed by atoms with van der Waals surface area (Å²) in [7, 11) is 0. The minimum absolute atomic E-state index is 0.670. The minimum Gasteiger partial charge on any atom is -0.340 e. The van der Waals surface area contributed by atoms with Crippen LogP contribution in [-0.4, -0.2) is 16.7 Å². The average molecular weight is 282 g/mol. The second-order valence-electron chi connectivity index (χ2n) is 3.39. The molecule has 0 aliphatic rings. The molecule has 1 N–H and O–H groups in total. The number of benzene rings is 1. The second-order valence-corrected chi connectivity index (χ2v) is 4.30. The molecule has 0 atom stereocenters. The number of hydrogen-bond acceptors (Lipinski definition) is 4. The van der Waals surface area contributed by atoms with E-state index in [0.29, 0.717) is 5.89 Å². The summed E-state index contributed by atoms with van der Waals surface area (Å²) in [5.74, 6) is 0.670. The fraction of sp³-hybridized carbons (Fsp3) is 0.273. The maximum Gasteiger partial charge on any atom is 0.227 e. The van der Waals surface area contributed by atoms with Crippen molar-refractivity contribution in [1.82, 2.24) is 15.5 Å². The molecule has 0 unspecified atom stereocenters. The normalized spacial score (nSPS) is 10.6. The number of halogens is 1. The summed E-state index contributed by atoms with van der Waals surface area (Å²) in [5.41, 5.74) is 1.26. The Morgan fingerprint density at radius 2 is 2.06 bits per heavy atom. The summed E-state index contributed by atoms with van der Waals surface area (Å²) in [6.45, 7) is 1.68. The SMILES string of the molecule is Brc1ccc(CNCCc2ncno2)cc1. The van der Waals surface area contributed by atoms with E-state index < -0.39 is 0 Å². The van der Waals surface area contributed by atoms with E-state index in [0.717, 1.165) is 24.0 Å². The van der Waals surface area contributed by atoms with Crippen LogP contribution in [0.2, 0.25) is 0 Å². The predicted octanol–water partition coefficient (Wildman–Crippen LogP) is 2.16. The van der Waals surface area contributed by atoms with Gasteiger partial charge in [0.1, 0.15) is 0 Å². The molecule has 1 aromatic carbocycles. The first-order valence-corrected chi connectivity index (χ1v) is 5.84. The third-order valence-corrected chi connectivity index (χ3v) is 2.69. The lowest BCUT2D eigenvalue weighted by molar-refractivity contribution is 0.375. The zero-order valence-corrected chi connectivity index (χ0v) is 10.3. The molecule has 2 rings (SSSR count). The maximum absolute atomic E-state index is 4.89. The Morgan fingerprint density at radius 1 is 1.25 bits per heavy atom. The van der Waals surface area contributed by atoms with Crippen LogP contribution in [0.15, 0.2) is 39.6 Å². The largest absolute Gasteiger partial charge is 0.340 e. The van der Waals surface area contributed by atoms with Crippen molar-refractivity contribution in [2.45, 2.75) is 13.0 Å². The molecule has 84 valence electrons. The van der Waals surface area contributed by atoms with Crippen molar-refractivity contribution in [1.29, 1.82) is 0 Å². The molecule has 0 radical (unpaired) electrons. The molecular formula is C11H12BrN3O. The van der Waals surface area contributed by atoms with E-state index in [1.165, 1.54) is 11.9 Å². The Kier molecular flexibility index (Phi) is 4.07. The first-order chi connectivity index (χ1) is 7.84. The zero-order valence-electron chi connectivity index (χ0n) is 8.69. The molecule has 5 heteroatoms. The predicted molar refractivity (Wildman–Crippen MR) is 63.9 cm³/mol. The first kappa shape index (κ1) is 11.3. The molecule has 0 saturated carbocycles. The molecule has 4 nitrogen and oxygen atoms in total. The van der Waals surface area contributed by atoms with Crippen molar-refractivity contribution < 1.29 is 4.52 Å². The Morgan fingerprint density at radius 3 is 2.75 bits per heavy atom. The summed E-state index contributed by atoms with van der Waals surface area (Å²) in [6, 6.07) is 8.25. The highest BCUT2D eigenvalue weighted by Crippen LogP contribution is 2.10. The monoisotopic (exact) mass is 281 g/mol. The first-order valence-electron chi connectivity index (χ1n) is 5.05. The lowest BCUT2D eigenvalue weighted by Gasteiger charge is -2.03. The smallest absolute Gasteiger partial charge is 0.227 e. The van der Waals surface area contributed by atoms with Crippen molar-refractivity contribution >= 4 is 15.9 Å². The van der Waals surface area contributed by atoms with Crippen LogP contribution >= 0.6 is 15.9 Å². The fourth-order valence-electron chi connectivity index (χ4n) is 1.34. The molecule has 0 fully saturated rings. The molecule has 0 spiro atoms. The highest BCUT2D eigenvalue weighted by atomic mass is 79.9. The molecule has 0 bridgehead atoms. The number of nitrogens with one attached hydrogen (secondary N) is 1. The van der Waals surface area contributed by atoms with Gasteiger partial charge in [-0.3, -0.25) is 0 Å². The molecule has 0 aliphatic heterocycles. The summed E-state index contributed by atoms with van der Waals surface area (Å²) in [4.78, 5) is 3.95. The van der Waals surface area contributed by atoms with Crippen molar-refractivity contribution in [3.63, 3.8) is 0 Å². The van der Waals surface area contributed by atoms with Gasteiger partial charge in [0.05, 0.1) is 0 Å². The van der Waals surface area contributed by atoms with Crippen LogP contribution in [0.4, 0.5) is 0 Å². The number of rotatable bonds is 5. The molecular weight excluding hydrogens is 270 g/mol. The second kappa shape index (κ2) is 5.77. The van der Waals surface area contributed by atoms with E-state index in [2.05, 4.69) is 43.5 Å². The van der Waals surface area contributed by atoms with Gasteiger partial charge in [-0.1, -0.05) is 33.2 Å². The van der Waals surface area contributed by atoms with Crippen molar-refractivity contribution in [2.75, 3.05) is 6.54 Å². The molecule has 0 amide bonds. The lowest BCUT2D eigenvalue weighted by atomic mass is 10.2. The van der Waals surface area contributed by atoms with E-state index in [9.17, 15) is 0 Å². The molecule has 0 saturated heterocycles. The summed E-state index contributed by atoms with van der Waals surface area (Å²) in [5, 5.41) is 6.87. The Hall–Kier alpha value is -1.20. The molecule has 1 aromatic heterocycles. The summed E-state index contributed by atoms with van der Waals surface area (Å²) >= 11 is 3.41. The Labute approximate surface area is 102 Å². The van der Waals surface area contributed by atoms with Gasteiger partial charge in [0.15, 0.2) is 6.33 Å². The van der Waals surface area contributed by atoms with Crippen LogP contribution in [0.3, 0.4) is 0 Å². The van der Waals surface area contributed by atoms with Gasteiger partial charge in [-0.15, -0.1) is 0 Å². The number of hydrogen-bond donors (Lipinski definition) is 1. The fourth-order valence-corrected chi connectivity index (χ4v) is 1.60. The number of nitrogens with zero attached hydrogens (tertiary/aromatic N) is 2. The lowest BCUT2D eigenvalue weighted by Crippen LogP contribution is -2.16. The number of aromatic nitrogens is 2. The van der Waals surface area contributed by atoms with Gasteiger partial charge in [0.25, 0.3) is 0 Å². The highest BCUT2D eigenvalue weighted by Gasteiger charge is 1.98. The van der Waals surface area contributed by atoms with Gasteiger partial charge in [-0.25, -0.2) is 0 Å². The van der Waals surface area contributed by atoms with Gasteiger partial charge < -0.3 is 9.84 Å². The van der Waals surface area contributed by atoms with Crippen molar-refractivity contribution in [3.05, 3.63) is 46.5 Å². The van der Waals surface area contributed by atoms with Crippen LogP contribution in [0, 0.1) is 0 Å². The topological polar surface area (TPSA) is 51.0 Å². The third kappa shape index (κ3) is 3.43. The minimum atomic E-state index is 0.670. The standard InChI is InChI=1S/C11H12BrN3O/c12-10-3-1-9(2-4-10)7-13-6-5-11-14-8-15-16-11/h1-4,8,13H,5-7H2. The quantitative estimate of drug-likeness (QED) is 0.854. The summed E-state index contributed by atoms with van der Waals surface area (Å²) in [6.07, 6.45) is 2.18. The van der Waals surface area contributed by atoms with Gasteiger partial charge in [0, 0.05) is 24.0 Å². The van der Waals surface area contributed by atoms with Crippen LogP contribution in [-0.2, 0) is 13.0 Å². The van der Waals surface area contributed by atoms with Crippen molar-refractivity contribution in [2.24, 2.45) is 0 Å². The van der Waals surface area contributed by atoms with E-state index in [1.54, 1.807) is 0 Å². The Balaban J connectivity index is 1.70. The van der Waals surface area contributed by atoms with E-state index >= 15 is 0 Å². The van der Waals surface area contributed by atoms with Gasteiger partial charge >= 0.3 is 0 Å².